The van der Waals surface area contributed by atoms with Crippen LogP contribution in [-0.4, -0.2) is 0 Å². The van der Waals surface area contributed by atoms with E-state index in [0.717, 1.165) is 0 Å². The number of rotatable bonds is 3. The first kappa shape index (κ1) is 14.3. The van der Waals surface area contributed by atoms with Crippen LogP contribution in [-0.2, 0) is 6.42 Å². The first-order valence-electron chi connectivity index (χ1n) is 8.05. The van der Waals surface area contributed by atoms with Gasteiger partial charge in [-0.2, -0.15) is 0 Å². The quantitative estimate of drug-likeness (QED) is 0.830. The molecule has 2 aromatic rings. The number of benzene rings is 2. The van der Waals surface area contributed by atoms with Crippen molar-refractivity contribution in [2.75, 3.05) is 0 Å². The molecule has 2 unspecified atom stereocenters. The van der Waals surface area contributed by atoms with Gasteiger partial charge in [0.05, 0.1) is 0 Å². The molecule has 1 heteroatoms. The van der Waals surface area contributed by atoms with Crippen LogP contribution in [0.2, 0.25) is 0 Å². The molecule has 0 amide bonds. The lowest BCUT2D eigenvalue weighted by Gasteiger charge is -2.29. The minimum absolute atomic E-state index is 0.389. The molecule has 2 atom stereocenters. The summed E-state index contributed by atoms with van der Waals surface area (Å²) in [6.45, 7) is 6.64. The van der Waals surface area contributed by atoms with Crippen molar-refractivity contribution in [1.29, 1.82) is 0 Å². The summed E-state index contributed by atoms with van der Waals surface area (Å²) in [6, 6.07) is 16.6. The summed E-state index contributed by atoms with van der Waals surface area (Å²) < 4.78 is 0. The standard InChI is InChI=1S/C20H25N/c1-14-11-15(2)13-18(12-14)16(3)21-20-10-6-8-17-7-4-5-9-19(17)20/h4-5,7,9,11-13,16,20-21H,6,8,10H2,1-3H3. The van der Waals surface area contributed by atoms with Crippen molar-refractivity contribution >= 4 is 0 Å². The fourth-order valence-electron chi connectivity index (χ4n) is 3.58. The van der Waals surface area contributed by atoms with Gasteiger partial charge < -0.3 is 5.32 Å². The Morgan fingerprint density at radius 2 is 1.76 bits per heavy atom. The second-order valence-corrected chi connectivity index (χ2v) is 6.45. The lowest BCUT2D eigenvalue weighted by atomic mass is 9.87. The van der Waals surface area contributed by atoms with Gasteiger partial charge in [-0.15, -0.1) is 0 Å². The van der Waals surface area contributed by atoms with Gasteiger partial charge >= 0.3 is 0 Å². The molecule has 1 nitrogen and oxygen atoms in total. The van der Waals surface area contributed by atoms with E-state index in [4.69, 9.17) is 0 Å². The Balaban J connectivity index is 1.81. The number of hydrogen-bond donors (Lipinski definition) is 1. The topological polar surface area (TPSA) is 12.0 Å². The van der Waals surface area contributed by atoms with E-state index in [-0.39, 0.29) is 0 Å². The summed E-state index contributed by atoms with van der Waals surface area (Å²) >= 11 is 0. The molecule has 21 heavy (non-hydrogen) atoms. The second-order valence-electron chi connectivity index (χ2n) is 6.45. The molecule has 0 saturated heterocycles. The van der Waals surface area contributed by atoms with Crippen LogP contribution in [0.5, 0.6) is 0 Å². The van der Waals surface area contributed by atoms with Crippen LogP contribution in [0.25, 0.3) is 0 Å². The molecule has 0 heterocycles. The predicted molar refractivity (Wildman–Crippen MR) is 89.6 cm³/mol. The minimum atomic E-state index is 0.389. The molecular weight excluding hydrogens is 254 g/mol. The largest absolute Gasteiger partial charge is 0.303 e. The minimum Gasteiger partial charge on any atom is -0.303 e. The Labute approximate surface area is 128 Å². The Bertz CT molecular complexity index is 609. The van der Waals surface area contributed by atoms with Crippen molar-refractivity contribution in [2.24, 2.45) is 0 Å². The number of fused-ring (bicyclic) bond motifs is 1. The van der Waals surface area contributed by atoms with E-state index in [9.17, 15) is 0 Å². The van der Waals surface area contributed by atoms with Crippen molar-refractivity contribution in [1.82, 2.24) is 5.32 Å². The monoisotopic (exact) mass is 279 g/mol. The fraction of sp³-hybridized carbons (Fsp3) is 0.400. The van der Waals surface area contributed by atoms with E-state index in [1.807, 2.05) is 0 Å². The average Bonchev–Trinajstić information content (AvgIpc) is 2.46. The summed E-state index contributed by atoms with van der Waals surface area (Å²) in [4.78, 5) is 0. The van der Waals surface area contributed by atoms with Crippen LogP contribution in [0.3, 0.4) is 0 Å². The number of hydrogen-bond acceptors (Lipinski definition) is 1. The Morgan fingerprint density at radius 3 is 2.52 bits per heavy atom. The third kappa shape index (κ3) is 3.19. The highest BCUT2D eigenvalue weighted by Gasteiger charge is 2.21. The molecule has 0 saturated carbocycles. The SMILES string of the molecule is Cc1cc(C)cc(C(C)NC2CCCc3ccccc32)c1. The molecule has 0 bridgehead atoms. The van der Waals surface area contributed by atoms with Gasteiger partial charge in [0.1, 0.15) is 0 Å². The first-order valence-corrected chi connectivity index (χ1v) is 8.05. The smallest absolute Gasteiger partial charge is 0.0328 e. The maximum absolute atomic E-state index is 3.85. The number of nitrogens with one attached hydrogen (secondary N) is 1. The zero-order valence-electron chi connectivity index (χ0n) is 13.3. The molecule has 1 aliphatic rings. The third-order valence-corrected chi connectivity index (χ3v) is 4.56. The van der Waals surface area contributed by atoms with Crippen LogP contribution in [0.4, 0.5) is 0 Å². The van der Waals surface area contributed by atoms with Gasteiger partial charge in [-0.3, -0.25) is 0 Å². The Morgan fingerprint density at radius 1 is 1.05 bits per heavy atom. The van der Waals surface area contributed by atoms with E-state index < -0.39 is 0 Å². The van der Waals surface area contributed by atoms with E-state index in [1.165, 1.54) is 47.1 Å². The molecule has 0 spiro atoms. The first-order chi connectivity index (χ1) is 10.1. The van der Waals surface area contributed by atoms with Crippen molar-refractivity contribution in [2.45, 2.75) is 52.1 Å². The maximum atomic E-state index is 3.85. The summed E-state index contributed by atoms with van der Waals surface area (Å²) in [7, 11) is 0. The van der Waals surface area contributed by atoms with Crippen LogP contribution < -0.4 is 5.32 Å². The molecule has 0 fully saturated rings. The zero-order valence-corrected chi connectivity index (χ0v) is 13.3. The summed E-state index contributed by atoms with van der Waals surface area (Å²) in [5.74, 6) is 0. The average molecular weight is 279 g/mol. The molecule has 0 radical (unpaired) electrons. The van der Waals surface area contributed by atoms with Crippen LogP contribution in [0.1, 0.15) is 59.7 Å². The molecule has 1 aliphatic carbocycles. The normalized spacial score (nSPS) is 19.1. The van der Waals surface area contributed by atoms with Gasteiger partial charge in [-0.1, -0.05) is 53.6 Å². The van der Waals surface area contributed by atoms with Crippen LogP contribution >= 0.6 is 0 Å². The molecule has 0 aliphatic heterocycles. The number of aryl methyl sites for hydroxylation is 3. The van der Waals surface area contributed by atoms with Crippen molar-refractivity contribution < 1.29 is 0 Å². The van der Waals surface area contributed by atoms with Crippen molar-refractivity contribution in [3.05, 3.63) is 70.3 Å². The molecule has 3 rings (SSSR count). The van der Waals surface area contributed by atoms with Crippen LogP contribution in [0.15, 0.2) is 42.5 Å². The maximum Gasteiger partial charge on any atom is 0.0328 e. The van der Waals surface area contributed by atoms with E-state index in [2.05, 4.69) is 68.6 Å². The lowest BCUT2D eigenvalue weighted by Crippen LogP contribution is -2.27. The second kappa shape index (κ2) is 6.03. The summed E-state index contributed by atoms with van der Waals surface area (Å²) in [6.07, 6.45) is 3.76. The predicted octanol–water partition coefficient (Wildman–Crippen LogP) is 5.03. The molecule has 110 valence electrons. The van der Waals surface area contributed by atoms with Gasteiger partial charge in [0.15, 0.2) is 0 Å². The van der Waals surface area contributed by atoms with E-state index in [1.54, 1.807) is 0 Å². The van der Waals surface area contributed by atoms with Crippen molar-refractivity contribution in [3.8, 4) is 0 Å². The summed E-state index contributed by atoms with van der Waals surface area (Å²) in [5, 5.41) is 3.85. The molecular formula is C20H25N. The highest BCUT2D eigenvalue weighted by molar-refractivity contribution is 5.34. The van der Waals surface area contributed by atoms with Gasteiger partial charge in [0.25, 0.3) is 0 Å². The van der Waals surface area contributed by atoms with Gasteiger partial charge in [0, 0.05) is 12.1 Å². The molecule has 0 aromatic heterocycles. The van der Waals surface area contributed by atoms with E-state index >= 15 is 0 Å². The zero-order chi connectivity index (χ0) is 14.8. The summed E-state index contributed by atoms with van der Waals surface area (Å²) in [5.41, 5.74) is 7.12. The Kier molecular flexibility index (Phi) is 4.12. The van der Waals surface area contributed by atoms with E-state index in [0.29, 0.717) is 12.1 Å². The van der Waals surface area contributed by atoms with Gasteiger partial charge in [0.2, 0.25) is 0 Å². The molecule has 1 N–H and O–H groups in total. The fourth-order valence-corrected chi connectivity index (χ4v) is 3.58. The molecule has 2 aromatic carbocycles. The highest BCUT2D eigenvalue weighted by Crippen LogP contribution is 2.31. The van der Waals surface area contributed by atoms with Gasteiger partial charge in [-0.25, -0.2) is 0 Å². The lowest BCUT2D eigenvalue weighted by molar-refractivity contribution is 0.415. The highest BCUT2D eigenvalue weighted by atomic mass is 14.9. The third-order valence-electron chi connectivity index (χ3n) is 4.56. The van der Waals surface area contributed by atoms with Crippen LogP contribution in [0, 0.1) is 13.8 Å². The Hall–Kier alpha value is -1.60. The van der Waals surface area contributed by atoms with Gasteiger partial charge in [-0.05, 0) is 56.7 Å². The van der Waals surface area contributed by atoms with Crippen molar-refractivity contribution in [3.63, 3.8) is 0 Å².